The summed E-state index contributed by atoms with van der Waals surface area (Å²) in [5.41, 5.74) is 2.74. The maximum absolute atomic E-state index is 14.8. The molecule has 0 bridgehead atoms. The summed E-state index contributed by atoms with van der Waals surface area (Å²) >= 11 is 6.63. The van der Waals surface area contributed by atoms with E-state index in [9.17, 15) is 8.63 Å². The van der Waals surface area contributed by atoms with Gasteiger partial charge < -0.3 is 17.6 Å². The largest absolute Gasteiger partial charge is 0.737 e. The van der Waals surface area contributed by atoms with Gasteiger partial charge in [-0.2, -0.15) is 0 Å². The van der Waals surface area contributed by atoms with Crippen LogP contribution in [0.25, 0.3) is 5.57 Å². The minimum absolute atomic E-state index is 0.515. The number of fused-ring (bicyclic) bond motifs is 2. The van der Waals surface area contributed by atoms with Crippen LogP contribution in [0.2, 0.25) is 0 Å². The van der Waals surface area contributed by atoms with Gasteiger partial charge in [0.15, 0.2) is 5.70 Å². The average Bonchev–Trinajstić information content (AvgIpc) is 3.05. The third-order valence-corrected chi connectivity index (χ3v) is 4.74. The second kappa shape index (κ2) is 4.76. The van der Waals surface area contributed by atoms with E-state index in [0.717, 1.165) is 20.1 Å². The van der Waals surface area contributed by atoms with Crippen molar-refractivity contribution in [2.45, 2.75) is 0 Å². The highest BCUT2D eigenvalue weighted by Gasteiger charge is 2.52. The van der Waals surface area contributed by atoms with E-state index in [1.807, 2.05) is 30.3 Å². The van der Waals surface area contributed by atoms with Gasteiger partial charge in [-0.1, -0.05) is 30.3 Å². The van der Waals surface area contributed by atoms with Crippen LogP contribution in [-0.2, 0) is 0 Å². The zero-order valence-corrected chi connectivity index (χ0v) is 14.4. The van der Waals surface area contributed by atoms with Crippen molar-refractivity contribution in [2.24, 2.45) is 0 Å². The number of halogens is 4. The molecule has 2 aliphatic heterocycles. The highest BCUT2D eigenvalue weighted by molar-refractivity contribution is 9.12. The molecule has 0 unspecified atom stereocenters. The zero-order chi connectivity index (χ0) is 15.5. The first kappa shape index (κ1) is 14.1. The first-order valence-electron chi connectivity index (χ1n) is 6.69. The van der Waals surface area contributed by atoms with Crippen molar-refractivity contribution >= 4 is 50.6 Å². The maximum atomic E-state index is 14.8. The molecule has 1 aromatic heterocycles. The number of allylic oxidation sites excluding steroid dienone is 2. The molecule has 0 spiro atoms. The number of rotatable bonds is 1. The predicted octanol–water partition coefficient (Wildman–Crippen LogP) is 4.62. The van der Waals surface area contributed by atoms with Crippen molar-refractivity contribution < 1.29 is 13.1 Å². The molecule has 110 valence electrons. The van der Waals surface area contributed by atoms with Gasteiger partial charge in [-0.15, -0.1) is 0 Å². The van der Waals surface area contributed by atoms with Crippen molar-refractivity contribution in [3.8, 4) is 0 Å². The molecule has 0 amide bonds. The van der Waals surface area contributed by atoms with Crippen LogP contribution in [0.5, 0.6) is 0 Å². The Hall–Kier alpha value is -1.47. The molecule has 0 N–H and O–H groups in total. The standard InChI is InChI=1S/C15H9BBr2F2N2/c17-11-6-13-15(10-4-2-1-3-5-10)14-7-12(18)9-22(14)16(19,20)21(13)8-11/h1-9H. The van der Waals surface area contributed by atoms with Crippen LogP contribution in [0.1, 0.15) is 11.3 Å². The average molecular weight is 426 g/mol. The summed E-state index contributed by atoms with van der Waals surface area (Å²) in [6, 6.07) is 11.3. The summed E-state index contributed by atoms with van der Waals surface area (Å²) in [5.74, 6) is 0. The number of aromatic nitrogens is 1. The smallest absolute Gasteiger partial charge is 0.395 e. The minimum Gasteiger partial charge on any atom is -0.395 e. The van der Waals surface area contributed by atoms with Gasteiger partial charge in [0, 0.05) is 16.2 Å². The molecule has 7 heteroatoms. The van der Waals surface area contributed by atoms with E-state index < -0.39 is 6.97 Å². The van der Waals surface area contributed by atoms with Crippen molar-refractivity contribution in [3.63, 3.8) is 0 Å². The van der Waals surface area contributed by atoms with Crippen LogP contribution in [0, 0.1) is 0 Å². The van der Waals surface area contributed by atoms with Crippen LogP contribution in [-0.4, -0.2) is 22.1 Å². The minimum atomic E-state index is -3.90. The van der Waals surface area contributed by atoms with Gasteiger partial charge in [0.2, 0.25) is 0 Å². The molecule has 4 rings (SSSR count). The molecule has 22 heavy (non-hydrogen) atoms. The molecular formula is C15H9BBr2F2N2. The fourth-order valence-electron chi connectivity index (χ4n) is 2.97. The molecule has 0 aliphatic carbocycles. The van der Waals surface area contributed by atoms with Crippen molar-refractivity contribution in [2.75, 3.05) is 0 Å². The Morgan fingerprint density at radius 1 is 1.09 bits per heavy atom. The number of hydrogen-bond acceptors (Lipinski definition) is 0. The first-order valence-corrected chi connectivity index (χ1v) is 8.27. The Morgan fingerprint density at radius 3 is 2.55 bits per heavy atom. The van der Waals surface area contributed by atoms with Gasteiger partial charge in [0.05, 0.1) is 10.1 Å². The van der Waals surface area contributed by atoms with Crippen molar-refractivity contribution in [1.82, 2.24) is 4.48 Å². The van der Waals surface area contributed by atoms with Crippen LogP contribution >= 0.6 is 31.9 Å². The molecule has 0 saturated heterocycles. The lowest BCUT2D eigenvalue weighted by Crippen LogP contribution is -2.49. The summed E-state index contributed by atoms with van der Waals surface area (Å²) in [6.45, 7) is -3.90. The topological polar surface area (TPSA) is 7.94 Å². The second-order valence-corrected chi connectivity index (χ2v) is 7.06. The van der Waals surface area contributed by atoms with Gasteiger partial charge in [-0.05, 0) is 49.7 Å². The molecule has 2 aromatic rings. The predicted molar refractivity (Wildman–Crippen MR) is 91.3 cm³/mol. The maximum Gasteiger partial charge on any atom is 0.737 e. The Kier molecular flexibility index (Phi) is 3.06. The molecule has 0 saturated carbocycles. The summed E-state index contributed by atoms with van der Waals surface area (Å²) in [6.07, 6.45) is 4.62. The van der Waals surface area contributed by atoms with E-state index in [4.69, 9.17) is 0 Å². The highest BCUT2D eigenvalue weighted by Crippen LogP contribution is 2.41. The molecule has 2 nitrogen and oxygen atoms in total. The third-order valence-electron chi connectivity index (χ3n) is 3.87. The van der Waals surface area contributed by atoms with Crippen LogP contribution in [0.4, 0.5) is 8.63 Å². The number of hydrogen-bond donors (Lipinski definition) is 0. The summed E-state index contributed by atoms with van der Waals surface area (Å²) in [5, 5.41) is 0. The summed E-state index contributed by atoms with van der Waals surface area (Å²) in [7, 11) is 0. The Bertz CT molecular complexity index is 882. The molecule has 3 heterocycles. The highest BCUT2D eigenvalue weighted by atomic mass is 79.9. The SMILES string of the molecule is F[B-]1(F)n2cc(Br)cc2C(c2ccccc2)=C2C=C(Br)C=[N+]21. The fourth-order valence-corrected chi connectivity index (χ4v) is 3.85. The van der Waals surface area contributed by atoms with Gasteiger partial charge >= 0.3 is 6.97 Å². The normalized spacial score (nSPS) is 18.7. The second-order valence-electron chi connectivity index (χ2n) is 5.23. The van der Waals surface area contributed by atoms with Crippen molar-refractivity contribution in [3.05, 3.63) is 74.6 Å². The lowest BCUT2D eigenvalue weighted by Gasteiger charge is -2.30. The zero-order valence-electron chi connectivity index (χ0n) is 11.2. The van der Waals surface area contributed by atoms with Crippen LogP contribution in [0.15, 0.2) is 63.3 Å². The van der Waals surface area contributed by atoms with Gasteiger partial charge in [0.1, 0.15) is 6.21 Å². The first-order chi connectivity index (χ1) is 10.5. The molecule has 2 aliphatic rings. The van der Waals surface area contributed by atoms with E-state index in [0.29, 0.717) is 20.3 Å². The summed E-state index contributed by atoms with van der Waals surface area (Å²) < 4.78 is 33.1. The van der Waals surface area contributed by atoms with Crippen molar-refractivity contribution in [1.29, 1.82) is 0 Å². The quantitative estimate of drug-likeness (QED) is 0.589. The fraction of sp³-hybridized carbons (Fsp3) is 0. The lowest BCUT2D eigenvalue weighted by molar-refractivity contribution is -0.356. The molecular weight excluding hydrogens is 417 g/mol. The van der Waals surface area contributed by atoms with E-state index >= 15 is 0 Å². The molecule has 0 atom stereocenters. The summed E-state index contributed by atoms with van der Waals surface area (Å²) in [4.78, 5) is 0. The van der Waals surface area contributed by atoms with E-state index in [2.05, 4.69) is 31.9 Å². The number of benzene rings is 1. The molecule has 0 fully saturated rings. The van der Waals surface area contributed by atoms with E-state index in [-0.39, 0.29) is 0 Å². The van der Waals surface area contributed by atoms with Crippen LogP contribution in [0.3, 0.4) is 0 Å². The number of nitrogens with zero attached hydrogens (tertiary/aromatic N) is 2. The molecule has 0 radical (unpaired) electrons. The lowest BCUT2D eigenvalue weighted by atomic mass is 9.86. The Balaban J connectivity index is 2.10. The Labute approximate surface area is 142 Å². The van der Waals surface area contributed by atoms with E-state index in [1.54, 1.807) is 12.1 Å². The third kappa shape index (κ3) is 1.92. The van der Waals surface area contributed by atoms with Gasteiger partial charge in [-0.25, -0.2) is 0 Å². The monoisotopic (exact) mass is 424 g/mol. The van der Waals surface area contributed by atoms with Crippen LogP contribution < -0.4 is 0 Å². The van der Waals surface area contributed by atoms with Gasteiger partial charge in [-0.3, -0.25) is 0 Å². The van der Waals surface area contributed by atoms with Gasteiger partial charge in [0.25, 0.3) is 0 Å². The van der Waals surface area contributed by atoms with E-state index in [1.165, 1.54) is 12.4 Å². The Morgan fingerprint density at radius 2 is 1.82 bits per heavy atom. The molecule has 1 aromatic carbocycles.